The maximum atomic E-state index is 15.8. The lowest BCUT2D eigenvalue weighted by atomic mass is 9.87. The third kappa shape index (κ3) is 4.61. The van der Waals surface area contributed by atoms with E-state index in [4.69, 9.17) is 4.52 Å². The van der Waals surface area contributed by atoms with E-state index in [1.54, 1.807) is 12.4 Å². The van der Waals surface area contributed by atoms with Gasteiger partial charge in [0.1, 0.15) is 18.0 Å². The standard InChI is InChI=1S/C25H25F4N5O/c1-15-4-6-24(26,7-5-15)13-33-12-20(19-10-31-34(11-19)14-25(27,28)29)23-21(33)8-18(9-30-23)22-16(2)32-35-17(22)3/h4,8-12H,5-7,13-14H2,1-3H3. The molecule has 0 saturated heterocycles. The van der Waals surface area contributed by atoms with Crippen molar-refractivity contribution in [3.05, 3.63) is 54.0 Å². The van der Waals surface area contributed by atoms with Gasteiger partial charge in [-0.1, -0.05) is 16.8 Å². The molecule has 1 aliphatic carbocycles. The molecule has 184 valence electrons. The van der Waals surface area contributed by atoms with E-state index in [1.165, 1.54) is 18.0 Å². The Balaban J connectivity index is 1.62. The normalized spacial score (nSPS) is 18.9. The molecular weight excluding hydrogens is 462 g/mol. The first-order valence-electron chi connectivity index (χ1n) is 11.4. The molecule has 5 rings (SSSR count). The fourth-order valence-electron chi connectivity index (χ4n) is 4.74. The highest BCUT2D eigenvalue weighted by Crippen LogP contribution is 2.38. The second-order valence-corrected chi connectivity index (χ2v) is 9.41. The third-order valence-electron chi connectivity index (χ3n) is 6.56. The summed E-state index contributed by atoms with van der Waals surface area (Å²) in [5, 5.41) is 7.88. The second-order valence-electron chi connectivity index (χ2n) is 9.41. The first kappa shape index (κ1) is 23.3. The number of alkyl halides is 4. The molecule has 0 spiro atoms. The lowest BCUT2D eigenvalue weighted by Crippen LogP contribution is -2.30. The molecule has 35 heavy (non-hydrogen) atoms. The molecule has 0 saturated carbocycles. The molecule has 1 unspecified atom stereocenters. The van der Waals surface area contributed by atoms with Crippen LogP contribution in [0.25, 0.3) is 33.3 Å². The molecule has 6 nitrogen and oxygen atoms in total. The van der Waals surface area contributed by atoms with Crippen LogP contribution >= 0.6 is 0 Å². The van der Waals surface area contributed by atoms with Crippen LogP contribution in [0.4, 0.5) is 17.6 Å². The van der Waals surface area contributed by atoms with Gasteiger partial charge in [-0.25, -0.2) is 4.39 Å². The molecule has 0 radical (unpaired) electrons. The van der Waals surface area contributed by atoms with E-state index in [-0.39, 0.29) is 6.54 Å². The molecule has 4 heterocycles. The smallest absolute Gasteiger partial charge is 0.361 e. The van der Waals surface area contributed by atoms with Crippen LogP contribution in [0, 0.1) is 13.8 Å². The van der Waals surface area contributed by atoms with Crippen molar-refractivity contribution in [2.24, 2.45) is 0 Å². The van der Waals surface area contributed by atoms with Crippen LogP contribution < -0.4 is 0 Å². The molecule has 0 fully saturated rings. The summed E-state index contributed by atoms with van der Waals surface area (Å²) < 4.78 is 62.3. The number of rotatable bonds is 5. The second kappa shape index (κ2) is 8.35. The Kier molecular flexibility index (Phi) is 5.56. The average molecular weight is 488 g/mol. The summed E-state index contributed by atoms with van der Waals surface area (Å²) in [4.78, 5) is 4.64. The molecule has 0 bridgehead atoms. The van der Waals surface area contributed by atoms with Crippen LogP contribution in [0.3, 0.4) is 0 Å². The Morgan fingerprint density at radius 1 is 1.11 bits per heavy atom. The van der Waals surface area contributed by atoms with Gasteiger partial charge in [0.2, 0.25) is 0 Å². The van der Waals surface area contributed by atoms with E-state index in [9.17, 15) is 13.2 Å². The van der Waals surface area contributed by atoms with Crippen LogP contribution in [-0.2, 0) is 13.1 Å². The summed E-state index contributed by atoms with van der Waals surface area (Å²) in [6.07, 6.45) is 5.13. The Morgan fingerprint density at radius 2 is 1.91 bits per heavy atom. The van der Waals surface area contributed by atoms with Crippen LogP contribution in [0.15, 0.2) is 47.0 Å². The van der Waals surface area contributed by atoms with Gasteiger partial charge in [-0.15, -0.1) is 0 Å². The van der Waals surface area contributed by atoms with Crippen LogP contribution in [0.2, 0.25) is 0 Å². The zero-order chi connectivity index (χ0) is 25.0. The Labute approximate surface area is 199 Å². The summed E-state index contributed by atoms with van der Waals surface area (Å²) in [6.45, 7) is 4.57. The molecule has 0 aromatic carbocycles. The van der Waals surface area contributed by atoms with Crippen molar-refractivity contribution in [3.63, 3.8) is 0 Å². The van der Waals surface area contributed by atoms with E-state index >= 15 is 4.39 Å². The quantitative estimate of drug-likeness (QED) is 0.236. The summed E-state index contributed by atoms with van der Waals surface area (Å²) in [5.41, 5.74) is 4.40. The van der Waals surface area contributed by atoms with Crippen LogP contribution in [0.1, 0.15) is 37.6 Å². The van der Waals surface area contributed by atoms with Crippen molar-refractivity contribution in [1.29, 1.82) is 0 Å². The van der Waals surface area contributed by atoms with Crippen molar-refractivity contribution in [2.45, 2.75) is 65.0 Å². The lowest BCUT2D eigenvalue weighted by Gasteiger charge is -2.29. The highest BCUT2D eigenvalue weighted by atomic mass is 19.4. The highest BCUT2D eigenvalue weighted by Gasteiger charge is 2.33. The van der Waals surface area contributed by atoms with Crippen LogP contribution in [-0.4, -0.2) is 36.3 Å². The fourth-order valence-corrected chi connectivity index (χ4v) is 4.74. The van der Waals surface area contributed by atoms with Crippen molar-refractivity contribution in [2.75, 3.05) is 0 Å². The first-order valence-corrected chi connectivity index (χ1v) is 11.4. The van der Waals surface area contributed by atoms with Gasteiger partial charge in [-0.2, -0.15) is 18.3 Å². The number of halogens is 4. The number of aryl methyl sites for hydroxylation is 2. The molecule has 1 aliphatic rings. The molecule has 10 heteroatoms. The van der Waals surface area contributed by atoms with Crippen LogP contribution in [0.5, 0.6) is 0 Å². The highest BCUT2D eigenvalue weighted by molar-refractivity contribution is 5.94. The summed E-state index contributed by atoms with van der Waals surface area (Å²) >= 11 is 0. The number of allylic oxidation sites excluding steroid dienone is 2. The number of aromatic nitrogens is 5. The predicted octanol–water partition coefficient (Wildman–Crippen LogP) is 6.57. The van der Waals surface area contributed by atoms with Gasteiger partial charge in [0, 0.05) is 47.3 Å². The van der Waals surface area contributed by atoms with Gasteiger partial charge in [0.05, 0.1) is 29.5 Å². The van der Waals surface area contributed by atoms with Gasteiger partial charge < -0.3 is 9.09 Å². The van der Waals surface area contributed by atoms with Gasteiger partial charge in [0.15, 0.2) is 0 Å². The maximum absolute atomic E-state index is 15.8. The topological polar surface area (TPSA) is 61.7 Å². The average Bonchev–Trinajstić information content (AvgIpc) is 3.47. The van der Waals surface area contributed by atoms with E-state index in [0.717, 1.165) is 15.8 Å². The minimum absolute atomic E-state index is 0.108. The Morgan fingerprint density at radius 3 is 2.57 bits per heavy atom. The number of fused-ring (bicyclic) bond motifs is 1. The molecule has 4 aromatic rings. The van der Waals surface area contributed by atoms with Crippen molar-refractivity contribution in [3.8, 4) is 22.3 Å². The molecule has 0 N–H and O–H groups in total. The maximum Gasteiger partial charge on any atom is 0.408 e. The Hall–Kier alpha value is -3.43. The van der Waals surface area contributed by atoms with Crippen molar-refractivity contribution >= 4 is 11.0 Å². The number of pyridine rings is 1. The molecule has 4 aromatic heterocycles. The van der Waals surface area contributed by atoms with Gasteiger partial charge in [0.25, 0.3) is 0 Å². The molecule has 0 aliphatic heterocycles. The minimum atomic E-state index is -4.38. The van der Waals surface area contributed by atoms with Crippen molar-refractivity contribution in [1.82, 2.24) is 24.5 Å². The van der Waals surface area contributed by atoms with Gasteiger partial charge in [-0.05, 0) is 39.7 Å². The van der Waals surface area contributed by atoms with E-state index in [0.29, 0.717) is 52.9 Å². The molecular formula is C25H25F4N5O. The van der Waals surface area contributed by atoms with E-state index in [2.05, 4.69) is 15.2 Å². The number of hydrogen-bond donors (Lipinski definition) is 0. The molecule has 1 atom stereocenters. The molecule has 0 amide bonds. The van der Waals surface area contributed by atoms with E-state index < -0.39 is 18.4 Å². The minimum Gasteiger partial charge on any atom is -0.361 e. The Bertz CT molecular complexity index is 1410. The lowest BCUT2D eigenvalue weighted by molar-refractivity contribution is -0.142. The largest absolute Gasteiger partial charge is 0.408 e. The van der Waals surface area contributed by atoms with Gasteiger partial charge >= 0.3 is 6.18 Å². The fraction of sp³-hybridized carbons (Fsp3) is 0.400. The number of nitrogens with zero attached hydrogens (tertiary/aromatic N) is 5. The van der Waals surface area contributed by atoms with Gasteiger partial charge in [-0.3, -0.25) is 9.67 Å². The first-order chi connectivity index (χ1) is 16.5. The predicted molar refractivity (Wildman–Crippen MR) is 123 cm³/mol. The van der Waals surface area contributed by atoms with Crippen molar-refractivity contribution < 1.29 is 22.1 Å². The summed E-state index contributed by atoms with van der Waals surface area (Å²) in [7, 11) is 0. The zero-order valence-corrected chi connectivity index (χ0v) is 19.7. The SMILES string of the molecule is CC1=CCC(F)(Cn2cc(-c3cnn(CC(F)(F)F)c3)c3ncc(-c4c(C)noc4C)cc32)CC1. The summed E-state index contributed by atoms with van der Waals surface area (Å²) in [5.74, 6) is 0.644. The summed E-state index contributed by atoms with van der Waals surface area (Å²) in [6, 6.07) is 1.91. The monoisotopic (exact) mass is 487 g/mol. The zero-order valence-electron chi connectivity index (χ0n) is 19.7. The third-order valence-corrected chi connectivity index (χ3v) is 6.56. The number of hydrogen-bond acceptors (Lipinski definition) is 4. The van der Waals surface area contributed by atoms with E-state index in [1.807, 2.05) is 37.5 Å².